The molecule has 0 bridgehead atoms. The van der Waals surface area contributed by atoms with Crippen LogP contribution in [0.5, 0.6) is 0 Å². The Morgan fingerprint density at radius 3 is 2.41 bits per heavy atom. The lowest BCUT2D eigenvalue weighted by atomic mass is 10.0. The molecule has 9 heteroatoms. The Morgan fingerprint density at radius 2 is 1.72 bits per heavy atom. The lowest BCUT2D eigenvalue weighted by Gasteiger charge is -2.10. The van der Waals surface area contributed by atoms with Crippen molar-refractivity contribution in [3.8, 4) is 11.1 Å². The maximum Gasteiger partial charge on any atom is 0.323 e. The summed E-state index contributed by atoms with van der Waals surface area (Å²) in [5.41, 5.74) is 10.5. The number of carbonyl (C=O) groups excluding carboxylic acids is 1. The number of halogens is 2. The summed E-state index contributed by atoms with van der Waals surface area (Å²) < 4.78 is 28.0. The van der Waals surface area contributed by atoms with Crippen LogP contribution in [0.1, 0.15) is 24.5 Å². The van der Waals surface area contributed by atoms with Crippen LogP contribution in [0.3, 0.4) is 0 Å². The minimum atomic E-state index is -1.03. The summed E-state index contributed by atoms with van der Waals surface area (Å²) >= 11 is 0. The van der Waals surface area contributed by atoms with Crippen molar-refractivity contribution >= 4 is 34.3 Å². The summed E-state index contributed by atoms with van der Waals surface area (Å²) in [4.78, 5) is 17.0. The molecule has 162 valence electrons. The monoisotopic (exact) mass is 434 g/mol. The molecule has 4 N–H and O–H groups in total. The van der Waals surface area contributed by atoms with E-state index in [1.165, 1.54) is 6.07 Å². The highest BCUT2D eigenvalue weighted by Gasteiger charge is 2.27. The maximum absolute atomic E-state index is 13.3. The Balaban J connectivity index is 1.39. The van der Waals surface area contributed by atoms with Gasteiger partial charge in [-0.3, -0.25) is 0 Å². The summed E-state index contributed by atoms with van der Waals surface area (Å²) in [6.45, 7) is 0. The number of aryl methyl sites for hydroxylation is 1. The van der Waals surface area contributed by atoms with Crippen molar-refractivity contribution in [2.45, 2.75) is 18.8 Å². The molecule has 32 heavy (non-hydrogen) atoms. The molecule has 4 aromatic rings. The predicted molar refractivity (Wildman–Crippen MR) is 119 cm³/mol. The highest BCUT2D eigenvalue weighted by atomic mass is 19.2. The molecule has 0 spiro atoms. The van der Waals surface area contributed by atoms with Crippen molar-refractivity contribution in [1.29, 1.82) is 0 Å². The molecule has 2 aromatic carbocycles. The van der Waals surface area contributed by atoms with Crippen LogP contribution in [0.15, 0.2) is 48.5 Å². The van der Waals surface area contributed by atoms with Gasteiger partial charge in [0.25, 0.3) is 0 Å². The number of nitrogens with one attached hydrogen (secondary N) is 2. The van der Waals surface area contributed by atoms with Gasteiger partial charge in [-0.15, -0.1) is 0 Å². The number of carbonyl (C=O) groups is 1. The smallest absolute Gasteiger partial charge is 0.323 e. The van der Waals surface area contributed by atoms with E-state index in [0.717, 1.165) is 52.8 Å². The van der Waals surface area contributed by atoms with E-state index < -0.39 is 17.7 Å². The van der Waals surface area contributed by atoms with Crippen LogP contribution in [0.2, 0.25) is 0 Å². The van der Waals surface area contributed by atoms with E-state index in [9.17, 15) is 13.6 Å². The van der Waals surface area contributed by atoms with Crippen molar-refractivity contribution in [3.05, 3.63) is 65.9 Å². The number of nitrogens with zero attached hydrogens (tertiary/aromatic N) is 3. The van der Waals surface area contributed by atoms with Gasteiger partial charge in [0.15, 0.2) is 23.1 Å². The normalized spacial score (nSPS) is 13.3. The number of pyridine rings is 1. The van der Waals surface area contributed by atoms with Crippen molar-refractivity contribution in [3.63, 3.8) is 0 Å². The van der Waals surface area contributed by atoms with Gasteiger partial charge >= 0.3 is 6.03 Å². The Hall–Kier alpha value is -4.01. The molecule has 1 aliphatic rings. The number of aromatic nitrogens is 3. The summed E-state index contributed by atoms with van der Waals surface area (Å²) in [6.07, 6.45) is 2.25. The predicted octanol–water partition coefficient (Wildman–Crippen LogP) is 5.02. The number of nitrogens with two attached hydrogens (primary N) is 1. The van der Waals surface area contributed by atoms with Gasteiger partial charge in [-0.05, 0) is 54.3 Å². The lowest BCUT2D eigenvalue weighted by Crippen LogP contribution is -2.19. The molecule has 1 aliphatic carbocycles. The Kier molecular flexibility index (Phi) is 4.73. The van der Waals surface area contributed by atoms with E-state index in [4.69, 9.17) is 10.7 Å². The molecule has 5 rings (SSSR count). The van der Waals surface area contributed by atoms with Gasteiger partial charge < -0.3 is 16.4 Å². The Bertz CT molecular complexity index is 1350. The molecular formula is C23H20F2N6O. The van der Waals surface area contributed by atoms with Gasteiger partial charge in [-0.1, -0.05) is 12.1 Å². The average molecular weight is 434 g/mol. The number of nitrogen functional groups attached to an aromatic ring is 1. The fourth-order valence-corrected chi connectivity index (χ4v) is 3.71. The van der Waals surface area contributed by atoms with Crippen LogP contribution < -0.4 is 16.4 Å². The van der Waals surface area contributed by atoms with Gasteiger partial charge in [-0.25, -0.2) is 23.2 Å². The van der Waals surface area contributed by atoms with Crippen LogP contribution in [-0.4, -0.2) is 20.8 Å². The quantitative estimate of drug-likeness (QED) is 0.420. The zero-order chi connectivity index (χ0) is 22.4. The molecule has 1 saturated carbocycles. The summed E-state index contributed by atoms with van der Waals surface area (Å²) in [5.74, 6) is -1.12. The summed E-state index contributed by atoms with van der Waals surface area (Å²) in [6, 6.07) is 11.9. The van der Waals surface area contributed by atoms with E-state index in [1.807, 2.05) is 19.2 Å². The van der Waals surface area contributed by atoms with Gasteiger partial charge in [0.05, 0.1) is 5.39 Å². The number of hydrogen-bond acceptors (Lipinski definition) is 4. The molecule has 0 atom stereocenters. The van der Waals surface area contributed by atoms with Gasteiger partial charge in [0.1, 0.15) is 0 Å². The first-order valence-corrected chi connectivity index (χ1v) is 10.2. The molecule has 2 heterocycles. The highest BCUT2D eigenvalue weighted by molar-refractivity contribution is 6.02. The number of hydrogen-bond donors (Lipinski definition) is 3. The molecular weight excluding hydrogens is 414 g/mol. The van der Waals surface area contributed by atoms with E-state index in [2.05, 4.69) is 21.8 Å². The molecule has 2 amide bonds. The van der Waals surface area contributed by atoms with Crippen LogP contribution in [0.4, 0.5) is 30.8 Å². The molecule has 2 aromatic heterocycles. The number of amides is 2. The minimum absolute atomic E-state index is 0.150. The number of fused-ring (bicyclic) bond motifs is 1. The van der Waals surface area contributed by atoms with Crippen LogP contribution in [0, 0.1) is 11.6 Å². The van der Waals surface area contributed by atoms with Crippen molar-refractivity contribution < 1.29 is 13.6 Å². The van der Waals surface area contributed by atoms with Crippen LogP contribution in [0.25, 0.3) is 22.2 Å². The first kappa shape index (κ1) is 19.9. The second kappa shape index (κ2) is 7.60. The Labute approximate surface area is 182 Å². The first-order valence-electron chi connectivity index (χ1n) is 10.2. The lowest BCUT2D eigenvalue weighted by molar-refractivity contribution is 0.262. The van der Waals surface area contributed by atoms with Crippen molar-refractivity contribution in [2.24, 2.45) is 7.05 Å². The zero-order valence-corrected chi connectivity index (χ0v) is 17.2. The van der Waals surface area contributed by atoms with Crippen molar-refractivity contribution in [1.82, 2.24) is 14.8 Å². The minimum Gasteiger partial charge on any atom is -0.382 e. The topological polar surface area (TPSA) is 97.9 Å². The van der Waals surface area contributed by atoms with Gasteiger partial charge in [0, 0.05) is 36.1 Å². The number of benzene rings is 2. The standard InChI is InChI=1S/C23H20F2N6O/c1-31-22-20(21(26)30-31)16(11-19(29-22)13-2-3-13)12-4-6-14(7-5-12)27-23(32)28-15-8-9-17(24)18(25)10-15/h4-11,13H,2-3H2,1H3,(H2,26,30)(H2,27,28,32). The zero-order valence-electron chi connectivity index (χ0n) is 17.2. The molecule has 7 nitrogen and oxygen atoms in total. The number of rotatable bonds is 4. The van der Waals surface area contributed by atoms with E-state index in [-0.39, 0.29) is 5.69 Å². The summed E-state index contributed by atoms with van der Waals surface area (Å²) in [5, 5.41) is 10.3. The highest BCUT2D eigenvalue weighted by Crippen LogP contribution is 2.42. The van der Waals surface area contributed by atoms with Crippen LogP contribution >= 0.6 is 0 Å². The second-order valence-electron chi connectivity index (χ2n) is 7.86. The van der Waals surface area contributed by atoms with Gasteiger partial charge in [0.2, 0.25) is 0 Å². The maximum atomic E-state index is 13.3. The van der Waals surface area contributed by atoms with Gasteiger partial charge in [-0.2, -0.15) is 5.10 Å². The summed E-state index contributed by atoms with van der Waals surface area (Å²) in [7, 11) is 1.82. The SMILES string of the molecule is Cn1nc(N)c2c(-c3ccc(NC(=O)Nc4ccc(F)c(F)c4)cc3)cc(C3CC3)nc21. The molecule has 0 radical (unpaired) electrons. The second-order valence-corrected chi connectivity index (χ2v) is 7.86. The first-order chi connectivity index (χ1) is 15.4. The van der Waals surface area contributed by atoms with Crippen molar-refractivity contribution in [2.75, 3.05) is 16.4 Å². The molecule has 1 fully saturated rings. The van der Waals surface area contributed by atoms with E-state index >= 15 is 0 Å². The van der Waals surface area contributed by atoms with Crippen LogP contribution in [-0.2, 0) is 7.05 Å². The third-order valence-electron chi connectivity index (χ3n) is 5.47. The number of urea groups is 1. The molecule has 0 saturated heterocycles. The number of anilines is 3. The third-order valence-corrected chi connectivity index (χ3v) is 5.47. The van der Waals surface area contributed by atoms with E-state index in [0.29, 0.717) is 17.4 Å². The third kappa shape index (κ3) is 3.73. The largest absolute Gasteiger partial charge is 0.382 e. The molecule has 0 unspecified atom stereocenters. The van der Waals surface area contributed by atoms with E-state index in [1.54, 1.807) is 16.8 Å². The fraction of sp³-hybridized carbons (Fsp3) is 0.174. The molecule has 0 aliphatic heterocycles. The fourth-order valence-electron chi connectivity index (χ4n) is 3.71. The average Bonchev–Trinajstić information content (AvgIpc) is 3.57. The Morgan fingerprint density at radius 1 is 1.03 bits per heavy atom.